The highest BCUT2D eigenvalue weighted by Gasteiger charge is 2.23. The maximum atomic E-state index is 10.9. The van der Waals surface area contributed by atoms with Crippen LogP contribution in [0.3, 0.4) is 0 Å². The van der Waals surface area contributed by atoms with Crippen molar-refractivity contribution in [3.63, 3.8) is 0 Å². The molecule has 0 aliphatic rings. The average Bonchev–Trinajstić information content (AvgIpc) is 2.20. The summed E-state index contributed by atoms with van der Waals surface area (Å²) < 4.78 is 9.26. The average molecular weight is 202 g/mol. The Labute approximate surface area is 84.9 Å². The Balaban J connectivity index is 0. The molecule has 0 aromatic heterocycles. The first-order valence-electron chi connectivity index (χ1n) is 4.46. The Morgan fingerprint density at radius 2 is 1.36 bits per heavy atom. The van der Waals surface area contributed by atoms with Gasteiger partial charge in [0.2, 0.25) is 0 Å². The molecule has 0 rings (SSSR count). The maximum absolute atomic E-state index is 10.9. The summed E-state index contributed by atoms with van der Waals surface area (Å²) in [5.74, 6) is -1.88. The number of hydrogen-bond acceptors (Lipinski definition) is 4. The van der Waals surface area contributed by atoms with E-state index in [4.69, 9.17) is 0 Å². The minimum absolute atomic E-state index is 0.280. The second-order valence-corrected chi connectivity index (χ2v) is 2.23. The van der Waals surface area contributed by atoms with E-state index in [2.05, 4.69) is 22.6 Å². The molecule has 0 heterocycles. The monoisotopic (exact) mass is 202 g/mol. The van der Waals surface area contributed by atoms with Gasteiger partial charge < -0.3 is 9.47 Å². The molecule has 0 spiro atoms. The predicted octanol–water partition coefficient (Wildman–Crippen LogP) is 1.55. The lowest BCUT2D eigenvalue weighted by Gasteiger charge is -2.08. The molecule has 0 aromatic carbocycles. The van der Waals surface area contributed by atoms with Crippen molar-refractivity contribution in [2.45, 2.75) is 20.8 Å². The fourth-order valence-corrected chi connectivity index (χ4v) is 0.631. The van der Waals surface area contributed by atoms with Crippen LogP contribution in [0.4, 0.5) is 0 Å². The largest absolute Gasteiger partial charge is 0.465 e. The molecule has 0 aliphatic heterocycles. The van der Waals surface area contributed by atoms with E-state index in [1.165, 1.54) is 6.92 Å². The summed E-state index contributed by atoms with van der Waals surface area (Å²) in [4.78, 5) is 21.9. The predicted molar refractivity (Wildman–Crippen MR) is 53.7 cm³/mol. The van der Waals surface area contributed by atoms with Crippen LogP contribution >= 0.6 is 0 Å². The number of carbonyl (C=O) groups excluding carboxylic acids is 2. The summed E-state index contributed by atoms with van der Waals surface area (Å²) in [6.07, 6.45) is 0. The highest BCUT2D eigenvalue weighted by atomic mass is 16.6. The van der Waals surface area contributed by atoms with Gasteiger partial charge in [-0.3, -0.25) is 9.59 Å². The van der Waals surface area contributed by atoms with Gasteiger partial charge >= 0.3 is 11.9 Å². The summed E-state index contributed by atoms with van der Waals surface area (Å²) in [6.45, 7) is 11.4. The molecule has 0 aliphatic carbocycles. The molecule has 4 heteroatoms. The SMILES string of the molecule is C=C.CCOC(=O)C(C)C(=O)OCC. The fraction of sp³-hybridized carbons (Fsp3) is 0.600. The topological polar surface area (TPSA) is 52.6 Å². The third kappa shape index (κ3) is 6.22. The molecule has 14 heavy (non-hydrogen) atoms. The number of hydrogen-bond donors (Lipinski definition) is 0. The molecule has 0 unspecified atom stereocenters. The van der Waals surface area contributed by atoms with Crippen molar-refractivity contribution in [3.8, 4) is 0 Å². The van der Waals surface area contributed by atoms with Gasteiger partial charge in [-0.2, -0.15) is 0 Å². The zero-order valence-electron chi connectivity index (χ0n) is 9.04. The van der Waals surface area contributed by atoms with Gasteiger partial charge in [0, 0.05) is 0 Å². The molecule has 0 N–H and O–H groups in total. The third-order valence-electron chi connectivity index (χ3n) is 1.28. The molecular formula is C10H18O4. The Kier molecular flexibility index (Phi) is 10.6. The van der Waals surface area contributed by atoms with Crippen molar-refractivity contribution in [2.75, 3.05) is 13.2 Å². The van der Waals surface area contributed by atoms with E-state index in [0.717, 1.165) is 0 Å². The first-order valence-corrected chi connectivity index (χ1v) is 4.46. The second-order valence-electron chi connectivity index (χ2n) is 2.23. The minimum atomic E-state index is -0.815. The number of carbonyl (C=O) groups is 2. The van der Waals surface area contributed by atoms with E-state index in [1.807, 2.05) is 0 Å². The summed E-state index contributed by atoms with van der Waals surface area (Å²) in [5, 5.41) is 0. The van der Waals surface area contributed by atoms with Crippen LogP contribution in [-0.2, 0) is 19.1 Å². The van der Waals surface area contributed by atoms with E-state index in [0.29, 0.717) is 0 Å². The number of ether oxygens (including phenoxy) is 2. The lowest BCUT2D eigenvalue weighted by molar-refractivity contribution is -0.160. The molecule has 0 fully saturated rings. The van der Waals surface area contributed by atoms with Crippen molar-refractivity contribution in [2.24, 2.45) is 5.92 Å². The first kappa shape index (κ1) is 15.2. The zero-order valence-corrected chi connectivity index (χ0v) is 9.04. The molecular weight excluding hydrogens is 184 g/mol. The smallest absolute Gasteiger partial charge is 0.320 e. The molecule has 0 bridgehead atoms. The van der Waals surface area contributed by atoms with Crippen LogP contribution in [0.25, 0.3) is 0 Å². The van der Waals surface area contributed by atoms with E-state index in [-0.39, 0.29) is 13.2 Å². The second kappa shape index (κ2) is 9.77. The molecule has 0 amide bonds. The van der Waals surface area contributed by atoms with E-state index >= 15 is 0 Å². The van der Waals surface area contributed by atoms with E-state index in [1.54, 1.807) is 13.8 Å². The maximum Gasteiger partial charge on any atom is 0.320 e. The first-order chi connectivity index (χ1) is 6.63. The van der Waals surface area contributed by atoms with Crippen molar-refractivity contribution in [1.82, 2.24) is 0 Å². The van der Waals surface area contributed by atoms with Crippen LogP contribution in [-0.4, -0.2) is 25.2 Å². The highest BCUT2D eigenvalue weighted by molar-refractivity contribution is 5.94. The molecule has 0 radical (unpaired) electrons. The Morgan fingerprint density at radius 3 is 1.57 bits per heavy atom. The van der Waals surface area contributed by atoms with Crippen LogP contribution in [0, 0.1) is 5.92 Å². The summed E-state index contributed by atoms with van der Waals surface area (Å²) in [6, 6.07) is 0. The van der Waals surface area contributed by atoms with E-state index in [9.17, 15) is 9.59 Å². The van der Waals surface area contributed by atoms with Crippen LogP contribution < -0.4 is 0 Å². The van der Waals surface area contributed by atoms with Crippen LogP contribution in [0.1, 0.15) is 20.8 Å². The van der Waals surface area contributed by atoms with Crippen molar-refractivity contribution in [1.29, 1.82) is 0 Å². The van der Waals surface area contributed by atoms with Gasteiger partial charge in [0.1, 0.15) is 0 Å². The molecule has 0 saturated heterocycles. The normalized spacial score (nSPS) is 8.57. The zero-order chi connectivity index (χ0) is 11.6. The molecule has 0 aromatic rings. The molecule has 0 atom stereocenters. The van der Waals surface area contributed by atoms with Gasteiger partial charge in [-0.25, -0.2) is 0 Å². The Morgan fingerprint density at radius 1 is 1.07 bits per heavy atom. The van der Waals surface area contributed by atoms with Gasteiger partial charge in [0.25, 0.3) is 0 Å². The lowest BCUT2D eigenvalue weighted by atomic mass is 10.2. The van der Waals surface area contributed by atoms with Crippen molar-refractivity contribution >= 4 is 11.9 Å². The fourth-order valence-electron chi connectivity index (χ4n) is 0.631. The van der Waals surface area contributed by atoms with Crippen molar-refractivity contribution in [3.05, 3.63) is 13.2 Å². The quantitative estimate of drug-likeness (QED) is 0.394. The minimum Gasteiger partial charge on any atom is -0.465 e. The third-order valence-corrected chi connectivity index (χ3v) is 1.28. The molecule has 0 saturated carbocycles. The van der Waals surface area contributed by atoms with Crippen LogP contribution in [0.2, 0.25) is 0 Å². The number of esters is 2. The van der Waals surface area contributed by atoms with Gasteiger partial charge in [-0.05, 0) is 20.8 Å². The molecule has 82 valence electrons. The van der Waals surface area contributed by atoms with Crippen LogP contribution in [0.15, 0.2) is 13.2 Å². The Hall–Kier alpha value is -1.32. The summed E-state index contributed by atoms with van der Waals surface area (Å²) >= 11 is 0. The van der Waals surface area contributed by atoms with Gasteiger partial charge in [0.15, 0.2) is 5.92 Å². The number of rotatable bonds is 4. The van der Waals surface area contributed by atoms with Gasteiger partial charge in [0.05, 0.1) is 13.2 Å². The highest BCUT2D eigenvalue weighted by Crippen LogP contribution is 2.01. The summed E-state index contributed by atoms with van der Waals surface area (Å²) in [7, 11) is 0. The van der Waals surface area contributed by atoms with Gasteiger partial charge in [-0.1, -0.05) is 0 Å². The lowest BCUT2D eigenvalue weighted by Crippen LogP contribution is -2.25. The van der Waals surface area contributed by atoms with E-state index < -0.39 is 17.9 Å². The summed E-state index contributed by atoms with van der Waals surface area (Å²) in [5.41, 5.74) is 0. The van der Waals surface area contributed by atoms with Crippen LogP contribution in [0.5, 0.6) is 0 Å². The van der Waals surface area contributed by atoms with Crippen molar-refractivity contribution < 1.29 is 19.1 Å². The Bertz CT molecular complexity index is 159. The standard InChI is InChI=1S/C8H14O4.C2H4/c1-4-11-7(9)6(3)8(10)12-5-2;1-2/h6H,4-5H2,1-3H3;1-2H2. The molecule has 4 nitrogen and oxygen atoms in total. The van der Waals surface area contributed by atoms with Gasteiger partial charge in [-0.15, -0.1) is 13.2 Å².